The van der Waals surface area contributed by atoms with Gasteiger partial charge in [-0.25, -0.2) is 0 Å². The van der Waals surface area contributed by atoms with Crippen molar-refractivity contribution in [1.29, 1.82) is 0 Å². The molecule has 0 aromatic heterocycles. The quantitative estimate of drug-likeness (QED) is 0.866. The molecule has 18 heavy (non-hydrogen) atoms. The van der Waals surface area contributed by atoms with Crippen molar-refractivity contribution in [1.82, 2.24) is 0 Å². The molecule has 0 fully saturated rings. The number of amides is 1. The first-order valence-electron chi connectivity index (χ1n) is 6.08. The molecule has 0 aliphatic heterocycles. The van der Waals surface area contributed by atoms with Gasteiger partial charge in [-0.3, -0.25) is 4.79 Å². The Kier molecular flexibility index (Phi) is 3.51. The van der Waals surface area contributed by atoms with E-state index in [-0.39, 0.29) is 11.7 Å². The number of fused-ring (bicyclic) bond motifs is 1. The van der Waals surface area contributed by atoms with E-state index in [4.69, 9.17) is 0 Å². The highest BCUT2D eigenvalue weighted by Gasteiger charge is 2.08. The van der Waals surface area contributed by atoms with Gasteiger partial charge in [0.2, 0.25) is 5.91 Å². The number of anilines is 1. The van der Waals surface area contributed by atoms with Gasteiger partial charge in [-0.05, 0) is 18.1 Å². The number of aromatic hydroxyl groups is 1. The highest BCUT2D eigenvalue weighted by molar-refractivity contribution is 6.03. The molecule has 0 bridgehead atoms. The molecule has 3 nitrogen and oxygen atoms in total. The van der Waals surface area contributed by atoms with E-state index < -0.39 is 0 Å². The second-order valence-electron chi connectivity index (χ2n) is 4.82. The van der Waals surface area contributed by atoms with Crippen molar-refractivity contribution in [2.75, 3.05) is 5.32 Å². The fraction of sp³-hybridized carbons (Fsp3) is 0.267. The molecule has 0 atom stereocenters. The molecule has 0 spiro atoms. The van der Waals surface area contributed by atoms with Crippen molar-refractivity contribution in [2.45, 2.75) is 20.3 Å². The number of benzene rings is 2. The molecule has 0 saturated carbocycles. The van der Waals surface area contributed by atoms with Crippen molar-refractivity contribution in [3.05, 3.63) is 36.4 Å². The van der Waals surface area contributed by atoms with Gasteiger partial charge in [0.05, 0.1) is 0 Å². The van der Waals surface area contributed by atoms with Gasteiger partial charge in [-0.1, -0.05) is 38.1 Å². The van der Waals surface area contributed by atoms with Gasteiger partial charge in [0, 0.05) is 22.9 Å². The highest BCUT2D eigenvalue weighted by Crippen LogP contribution is 2.29. The summed E-state index contributed by atoms with van der Waals surface area (Å²) in [5, 5.41) is 14.3. The second-order valence-corrected chi connectivity index (χ2v) is 4.82. The summed E-state index contributed by atoms with van der Waals surface area (Å²) in [6, 6.07) is 10.8. The molecule has 0 saturated heterocycles. The van der Waals surface area contributed by atoms with Crippen LogP contribution in [0.3, 0.4) is 0 Å². The number of hydrogen-bond donors (Lipinski definition) is 2. The van der Waals surface area contributed by atoms with Crippen molar-refractivity contribution < 1.29 is 9.90 Å². The molecule has 2 aromatic rings. The van der Waals surface area contributed by atoms with E-state index in [1.165, 1.54) is 0 Å². The number of hydrogen-bond acceptors (Lipinski definition) is 2. The van der Waals surface area contributed by atoms with E-state index in [0.717, 1.165) is 16.5 Å². The van der Waals surface area contributed by atoms with Crippen LogP contribution >= 0.6 is 0 Å². The summed E-state index contributed by atoms with van der Waals surface area (Å²) in [6.07, 6.45) is 0.495. The monoisotopic (exact) mass is 243 g/mol. The van der Waals surface area contributed by atoms with Crippen LogP contribution in [0.15, 0.2) is 36.4 Å². The predicted octanol–water partition coefficient (Wildman–Crippen LogP) is 3.53. The Labute approximate surface area is 106 Å². The smallest absolute Gasteiger partial charge is 0.224 e. The van der Waals surface area contributed by atoms with Crippen LogP contribution < -0.4 is 5.32 Å². The Morgan fingerprint density at radius 1 is 1.17 bits per heavy atom. The molecule has 0 aliphatic carbocycles. The maximum atomic E-state index is 11.8. The summed E-state index contributed by atoms with van der Waals surface area (Å²) in [7, 11) is 0. The fourth-order valence-corrected chi connectivity index (χ4v) is 1.97. The first-order valence-corrected chi connectivity index (χ1v) is 6.08. The molecule has 0 aliphatic rings. The standard InChI is InChI=1S/C15H17NO2/c1-10(2)9-15(18)16-13-7-3-6-12-11(13)5-4-8-14(12)17/h3-8,10,17H,9H2,1-2H3,(H,16,18). The normalized spacial score (nSPS) is 10.8. The molecule has 2 rings (SSSR count). The lowest BCUT2D eigenvalue weighted by molar-refractivity contribution is -0.116. The average molecular weight is 243 g/mol. The van der Waals surface area contributed by atoms with Gasteiger partial charge in [0.25, 0.3) is 0 Å². The summed E-state index contributed by atoms with van der Waals surface area (Å²) in [6.45, 7) is 4.02. The number of phenols is 1. The zero-order valence-corrected chi connectivity index (χ0v) is 10.6. The number of rotatable bonds is 3. The van der Waals surface area contributed by atoms with Crippen LogP contribution in [0.1, 0.15) is 20.3 Å². The van der Waals surface area contributed by atoms with E-state index in [9.17, 15) is 9.90 Å². The third kappa shape index (κ3) is 2.62. The Bertz CT molecular complexity index is 576. The van der Waals surface area contributed by atoms with E-state index >= 15 is 0 Å². The lowest BCUT2D eigenvalue weighted by atomic mass is 10.1. The van der Waals surface area contributed by atoms with Gasteiger partial charge < -0.3 is 10.4 Å². The predicted molar refractivity (Wildman–Crippen MR) is 73.7 cm³/mol. The molecular weight excluding hydrogens is 226 g/mol. The van der Waals surface area contributed by atoms with Crippen molar-refractivity contribution >= 4 is 22.4 Å². The number of nitrogens with one attached hydrogen (secondary N) is 1. The lowest BCUT2D eigenvalue weighted by Crippen LogP contribution is -2.13. The van der Waals surface area contributed by atoms with Gasteiger partial charge in [-0.2, -0.15) is 0 Å². The van der Waals surface area contributed by atoms with Crippen LogP contribution in [0.4, 0.5) is 5.69 Å². The summed E-state index contributed by atoms with van der Waals surface area (Å²) in [4.78, 5) is 11.8. The second kappa shape index (κ2) is 5.08. The molecule has 2 aromatic carbocycles. The lowest BCUT2D eigenvalue weighted by Gasteiger charge is -2.10. The molecule has 94 valence electrons. The minimum absolute atomic E-state index is 0.000780. The minimum Gasteiger partial charge on any atom is -0.507 e. The Hall–Kier alpha value is -2.03. The summed E-state index contributed by atoms with van der Waals surface area (Å²) >= 11 is 0. The maximum absolute atomic E-state index is 11.8. The molecule has 0 heterocycles. The Morgan fingerprint density at radius 2 is 1.83 bits per heavy atom. The van der Waals surface area contributed by atoms with Crippen LogP contribution in [0.2, 0.25) is 0 Å². The summed E-state index contributed by atoms with van der Waals surface area (Å²) in [5.74, 6) is 0.557. The third-order valence-electron chi connectivity index (χ3n) is 2.77. The van der Waals surface area contributed by atoms with Gasteiger partial charge in [0.1, 0.15) is 5.75 Å². The molecule has 1 amide bonds. The SMILES string of the molecule is CC(C)CC(=O)Nc1cccc2c(O)cccc12. The van der Waals surface area contributed by atoms with Crippen LogP contribution in [0, 0.1) is 5.92 Å². The molecule has 0 unspecified atom stereocenters. The van der Waals surface area contributed by atoms with Crippen molar-refractivity contribution in [2.24, 2.45) is 5.92 Å². The first-order chi connectivity index (χ1) is 8.58. The van der Waals surface area contributed by atoms with Gasteiger partial charge >= 0.3 is 0 Å². The van der Waals surface area contributed by atoms with Gasteiger partial charge in [-0.15, -0.1) is 0 Å². The zero-order valence-electron chi connectivity index (χ0n) is 10.6. The highest BCUT2D eigenvalue weighted by atomic mass is 16.3. The van der Waals surface area contributed by atoms with Crippen LogP contribution in [-0.2, 0) is 4.79 Å². The van der Waals surface area contributed by atoms with E-state index in [2.05, 4.69) is 5.32 Å². The minimum atomic E-state index is 0.000780. The van der Waals surface area contributed by atoms with Crippen LogP contribution in [0.25, 0.3) is 10.8 Å². The summed E-state index contributed by atoms with van der Waals surface area (Å²) in [5.41, 5.74) is 0.744. The van der Waals surface area contributed by atoms with Crippen molar-refractivity contribution in [3.63, 3.8) is 0 Å². The summed E-state index contributed by atoms with van der Waals surface area (Å²) < 4.78 is 0. The largest absolute Gasteiger partial charge is 0.507 e. The van der Waals surface area contributed by atoms with Crippen LogP contribution in [0.5, 0.6) is 5.75 Å². The zero-order chi connectivity index (χ0) is 13.1. The topological polar surface area (TPSA) is 49.3 Å². The molecule has 0 radical (unpaired) electrons. The third-order valence-corrected chi connectivity index (χ3v) is 2.77. The maximum Gasteiger partial charge on any atom is 0.224 e. The van der Waals surface area contributed by atoms with Crippen molar-refractivity contribution in [3.8, 4) is 5.75 Å². The number of carbonyl (C=O) groups is 1. The molecular formula is C15H17NO2. The Morgan fingerprint density at radius 3 is 2.56 bits per heavy atom. The van der Waals surface area contributed by atoms with E-state index in [0.29, 0.717) is 12.3 Å². The fourth-order valence-electron chi connectivity index (χ4n) is 1.97. The molecule has 2 N–H and O–H groups in total. The number of phenolic OH excluding ortho intramolecular Hbond substituents is 1. The van der Waals surface area contributed by atoms with E-state index in [1.807, 2.05) is 38.1 Å². The average Bonchev–Trinajstić information content (AvgIpc) is 2.29. The van der Waals surface area contributed by atoms with Gasteiger partial charge in [0.15, 0.2) is 0 Å². The molecule has 3 heteroatoms. The van der Waals surface area contributed by atoms with Crippen LogP contribution in [-0.4, -0.2) is 11.0 Å². The van der Waals surface area contributed by atoms with E-state index in [1.54, 1.807) is 12.1 Å². The first kappa shape index (κ1) is 12.4. The number of carbonyl (C=O) groups excluding carboxylic acids is 1. The Balaban J connectivity index is 2.34.